The Kier molecular flexibility index (Phi) is 4.95. The normalized spacial score (nSPS) is 10.2. The second-order valence-electron chi connectivity index (χ2n) is 4.19. The molecule has 2 aromatic rings. The van der Waals surface area contributed by atoms with E-state index in [-0.39, 0.29) is 25.6 Å². The quantitative estimate of drug-likeness (QED) is 0.654. The highest BCUT2D eigenvalue weighted by molar-refractivity contribution is 7.09. The molecular formula is C14H16N2O3S. The Bertz CT molecular complexity index is 583. The SMILES string of the molecule is Cc1nc(COC(=O)CCOc2cccc(N)c2)cs1. The van der Waals surface area contributed by atoms with E-state index in [1.807, 2.05) is 12.3 Å². The van der Waals surface area contributed by atoms with Crippen LogP contribution in [0.3, 0.4) is 0 Å². The van der Waals surface area contributed by atoms with Crippen molar-refractivity contribution in [2.45, 2.75) is 20.0 Å². The first-order valence-electron chi connectivity index (χ1n) is 6.18. The lowest BCUT2D eigenvalue weighted by atomic mass is 10.3. The van der Waals surface area contributed by atoms with E-state index in [2.05, 4.69) is 4.98 Å². The van der Waals surface area contributed by atoms with Gasteiger partial charge in [-0.2, -0.15) is 0 Å². The minimum atomic E-state index is -0.306. The molecular weight excluding hydrogens is 276 g/mol. The molecule has 0 saturated carbocycles. The fraction of sp³-hybridized carbons (Fsp3) is 0.286. The number of esters is 1. The molecule has 0 unspecified atom stereocenters. The molecule has 0 atom stereocenters. The van der Waals surface area contributed by atoms with E-state index in [4.69, 9.17) is 15.2 Å². The first-order valence-corrected chi connectivity index (χ1v) is 7.06. The topological polar surface area (TPSA) is 74.4 Å². The third-order valence-electron chi connectivity index (χ3n) is 2.48. The number of nitrogens with zero attached hydrogens (tertiary/aromatic N) is 1. The molecule has 0 bridgehead atoms. The maximum atomic E-state index is 11.5. The molecule has 2 N–H and O–H groups in total. The van der Waals surface area contributed by atoms with Crippen LogP contribution >= 0.6 is 11.3 Å². The lowest BCUT2D eigenvalue weighted by Crippen LogP contribution is -2.10. The predicted octanol–water partition coefficient (Wildman–Crippen LogP) is 2.55. The summed E-state index contributed by atoms with van der Waals surface area (Å²) in [4.78, 5) is 15.7. The summed E-state index contributed by atoms with van der Waals surface area (Å²) in [5, 5.41) is 2.84. The summed E-state index contributed by atoms with van der Waals surface area (Å²) in [6.07, 6.45) is 0.192. The number of hydrogen-bond acceptors (Lipinski definition) is 6. The van der Waals surface area contributed by atoms with Gasteiger partial charge >= 0.3 is 5.97 Å². The molecule has 0 amide bonds. The van der Waals surface area contributed by atoms with Crippen LogP contribution in [0.2, 0.25) is 0 Å². The van der Waals surface area contributed by atoms with E-state index in [9.17, 15) is 4.79 Å². The Labute approximate surface area is 121 Å². The van der Waals surface area contributed by atoms with Gasteiger partial charge in [-0.25, -0.2) is 4.98 Å². The number of anilines is 1. The number of aromatic nitrogens is 1. The molecule has 0 fully saturated rings. The highest BCUT2D eigenvalue weighted by atomic mass is 32.1. The summed E-state index contributed by atoms with van der Waals surface area (Å²) in [6.45, 7) is 2.38. The molecule has 20 heavy (non-hydrogen) atoms. The number of rotatable bonds is 6. The van der Waals surface area contributed by atoms with E-state index in [0.717, 1.165) is 10.7 Å². The monoisotopic (exact) mass is 292 g/mol. The van der Waals surface area contributed by atoms with Crippen LogP contribution in [0.1, 0.15) is 17.1 Å². The van der Waals surface area contributed by atoms with Gasteiger partial charge in [0.05, 0.1) is 23.7 Å². The Hall–Kier alpha value is -2.08. The summed E-state index contributed by atoms with van der Waals surface area (Å²) in [5.41, 5.74) is 7.03. The number of hydrogen-bond donors (Lipinski definition) is 1. The van der Waals surface area contributed by atoms with Gasteiger partial charge in [0.15, 0.2) is 0 Å². The first kappa shape index (κ1) is 14.3. The average molecular weight is 292 g/mol. The molecule has 6 heteroatoms. The molecule has 1 heterocycles. The number of aryl methyl sites for hydroxylation is 1. The van der Waals surface area contributed by atoms with Gasteiger partial charge in [0.2, 0.25) is 0 Å². The highest BCUT2D eigenvalue weighted by Crippen LogP contribution is 2.14. The highest BCUT2D eigenvalue weighted by Gasteiger charge is 2.06. The second-order valence-corrected chi connectivity index (χ2v) is 5.25. The number of carbonyl (C=O) groups is 1. The molecule has 0 spiro atoms. The third kappa shape index (κ3) is 4.55. The standard InChI is InChI=1S/C14H16N2O3S/c1-10-16-12(9-20-10)8-19-14(17)5-6-18-13-4-2-3-11(15)7-13/h2-4,7,9H,5-6,8,15H2,1H3. The van der Waals surface area contributed by atoms with Crippen molar-refractivity contribution < 1.29 is 14.3 Å². The summed E-state index contributed by atoms with van der Waals surface area (Å²) >= 11 is 1.53. The molecule has 5 nitrogen and oxygen atoms in total. The number of benzene rings is 1. The van der Waals surface area contributed by atoms with E-state index in [1.54, 1.807) is 24.3 Å². The molecule has 0 aliphatic heterocycles. The minimum absolute atomic E-state index is 0.192. The van der Waals surface area contributed by atoms with Crippen molar-refractivity contribution in [1.82, 2.24) is 4.98 Å². The van der Waals surface area contributed by atoms with Crippen LogP contribution in [-0.2, 0) is 16.1 Å². The van der Waals surface area contributed by atoms with Crippen molar-refractivity contribution in [1.29, 1.82) is 0 Å². The van der Waals surface area contributed by atoms with Crippen LogP contribution in [-0.4, -0.2) is 17.6 Å². The van der Waals surface area contributed by atoms with Crippen molar-refractivity contribution in [2.75, 3.05) is 12.3 Å². The molecule has 1 aromatic carbocycles. The number of carbonyl (C=O) groups excluding carboxylic acids is 1. The molecule has 0 saturated heterocycles. The Balaban J connectivity index is 1.67. The third-order valence-corrected chi connectivity index (χ3v) is 3.30. The smallest absolute Gasteiger partial charge is 0.309 e. The van der Waals surface area contributed by atoms with Crippen LogP contribution in [0, 0.1) is 6.92 Å². The zero-order valence-corrected chi connectivity index (χ0v) is 12.0. The summed E-state index contributed by atoms with van der Waals surface area (Å²) in [5.74, 6) is 0.340. The maximum absolute atomic E-state index is 11.5. The van der Waals surface area contributed by atoms with Gasteiger partial charge in [-0.15, -0.1) is 11.3 Å². The van der Waals surface area contributed by atoms with Gasteiger partial charge in [-0.1, -0.05) is 6.07 Å². The lowest BCUT2D eigenvalue weighted by molar-refractivity contribution is -0.145. The van der Waals surface area contributed by atoms with E-state index in [0.29, 0.717) is 11.4 Å². The summed E-state index contributed by atoms with van der Waals surface area (Å²) < 4.78 is 10.5. The summed E-state index contributed by atoms with van der Waals surface area (Å²) in [7, 11) is 0. The average Bonchev–Trinajstić information content (AvgIpc) is 2.82. The van der Waals surface area contributed by atoms with Gasteiger partial charge in [0.25, 0.3) is 0 Å². The predicted molar refractivity (Wildman–Crippen MR) is 77.6 cm³/mol. The van der Waals surface area contributed by atoms with Gasteiger partial charge in [-0.3, -0.25) is 4.79 Å². The van der Waals surface area contributed by atoms with Crippen molar-refractivity contribution in [3.8, 4) is 5.75 Å². The van der Waals surface area contributed by atoms with Gasteiger partial charge in [-0.05, 0) is 19.1 Å². The Morgan fingerprint density at radius 1 is 1.45 bits per heavy atom. The number of thiazole rings is 1. The van der Waals surface area contributed by atoms with Crippen molar-refractivity contribution in [3.63, 3.8) is 0 Å². The lowest BCUT2D eigenvalue weighted by Gasteiger charge is -2.06. The Morgan fingerprint density at radius 2 is 2.30 bits per heavy atom. The minimum Gasteiger partial charge on any atom is -0.493 e. The number of ether oxygens (including phenoxy) is 2. The van der Waals surface area contributed by atoms with Gasteiger partial charge < -0.3 is 15.2 Å². The maximum Gasteiger partial charge on any atom is 0.309 e. The number of nitrogen functional groups attached to an aromatic ring is 1. The second kappa shape index (κ2) is 6.91. The van der Waals surface area contributed by atoms with Crippen LogP contribution < -0.4 is 10.5 Å². The van der Waals surface area contributed by atoms with Crippen molar-refractivity contribution >= 4 is 23.0 Å². The zero-order chi connectivity index (χ0) is 14.4. The van der Waals surface area contributed by atoms with Gasteiger partial charge in [0.1, 0.15) is 12.4 Å². The fourth-order valence-corrected chi connectivity index (χ4v) is 2.15. The van der Waals surface area contributed by atoms with E-state index in [1.165, 1.54) is 11.3 Å². The molecule has 2 rings (SSSR count). The molecule has 0 radical (unpaired) electrons. The van der Waals surface area contributed by atoms with Gasteiger partial charge in [0, 0.05) is 17.1 Å². The van der Waals surface area contributed by atoms with Crippen LogP contribution in [0.4, 0.5) is 5.69 Å². The summed E-state index contributed by atoms with van der Waals surface area (Å²) in [6, 6.07) is 7.08. The van der Waals surface area contributed by atoms with Crippen LogP contribution in [0.25, 0.3) is 0 Å². The molecule has 0 aliphatic carbocycles. The fourth-order valence-electron chi connectivity index (χ4n) is 1.56. The molecule has 0 aliphatic rings. The van der Waals surface area contributed by atoms with Crippen LogP contribution in [0.5, 0.6) is 5.75 Å². The van der Waals surface area contributed by atoms with Crippen molar-refractivity contribution in [2.24, 2.45) is 0 Å². The van der Waals surface area contributed by atoms with Crippen LogP contribution in [0.15, 0.2) is 29.6 Å². The zero-order valence-electron chi connectivity index (χ0n) is 11.2. The molecule has 1 aromatic heterocycles. The first-order chi connectivity index (χ1) is 9.63. The van der Waals surface area contributed by atoms with E-state index >= 15 is 0 Å². The Morgan fingerprint density at radius 3 is 3.00 bits per heavy atom. The van der Waals surface area contributed by atoms with E-state index < -0.39 is 0 Å². The van der Waals surface area contributed by atoms with Crippen molar-refractivity contribution in [3.05, 3.63) is 40.3 Å². The molecule has 106 valence electrons. The largest absolute Gasteiger partial charge is 0.493 e. The number of nitrogens with two attached hydrogens (primary N) is 1.